The minimum atomic E-state index is -6.14. The Labute approximate surface area is 268 Å². The molecular formula is C32H29BrF6N2O5. The number of hydrogen-bond acceptors (Lipinski definition) is 6. The van der Waals surface area contributed by atoms with Crippen LogP contribution in [0.25, 0.3) is 16.6 Å². The van der Waals surface area contributed by atoms with E-state index >= 15 is 0 Å². The summed E-state index contributed by atoms with van der Waals surface area (Å²) in [4.78, 5) is 30.8. The number of carbonyl (C=O) groups is 1. The topological polar surface area (TPSA) is 79.7 Å². The van der Waals surface area contributed by atoms with Gasteiger partial charge in [0.15, 0.2) is 0 Å². The highest BCUT2D eigenvalue weighted by Crippen LogP contribution is 2.53. The zero-order chi connectivity index (χ0) is 33.9. The van der Waals surface area contributed by atoms with Crippen molar-refractivity contribution in [2.75, 3.05) is 11.9 Å². The molecule has 0 N–H and O–H groups in total. The fourth-order valence-corrected chi connectivity index (χ4v) is 4.84. The van der Waals surface area contributed by atoms with E-state index in [1.807, 2.05) is 0 Å². The molecule has 0 fully saturated rings. The van der Waals surface area contributed by atoms with Crippen molar-refractivity contribution >= 4 is 33.0 Å². The summed E-state index contributed by atoms with van der Waals surface area (Å²) in [5.41, 5.74) is -7.60. The standard InChI is InChI=1S/C32H29BrF6N2O5/c1-29(2,3)45-28(43)46-30(31(34,35)36,32(37,38)39)21-10-12-22(13-11-21)41-26(18-20-8-5-4-6-9-20)40-25-15-14-23(44-17-7-16-33)19-24(25)27(41)42/h4-6,8-15,19H,7,16-18H2,1-3H3. The highest BCUT2D eigenvalue weighted by atomic mass is 79.9. The minimum absolute atomic E-state index is 0.0739. The second-order valence-corrected chi connectivity index (χ2v) is 12.0. The quantitative estimate of drug-likeness (QED) is 0.0750. The number of ether oxygens (including phenoxy) is 3. The lowest BCUT2D eigenvalue weighted by Crippen LogP contribution is -2.57. The lowest BCUT2D eigenvalue weighted by molar-refractivity contribution is -0.377. The van der Waals surface area contributed by atoms with Gasteiger partial charge >= 0.3 is 24.1 Å². The second-order valence-electron chi connectivity index (χ2n) is 11.2. The van der Waals surface area contributed by atoms with Crippen molar-refractivity contribution in [3.05, 3.63) is 100 Å². The normalized spacial score (nSPS) is 12.7. The fraction of sp³-hybridized carbons (Fsp3) is 0.344. The van der Waals surface area contributed by atoms with Crippen molar-refractivity contribution in [2.45, 2.75) is 57.2 Å². The van der Waals surface area contributed by atoms with Gasteiger partial charge in [0.1, 0.15) is 17.2 Å². The van der Waals surface area contributed by atoms with Gasteiger partial charge in [-0.3, -0.25) is 9.36 Å². The number of hydrogen-bond donors (Lipinski definition) is 0. The number of rotatable bonds is 9. The molecule has 3 aromatic carbocycles. The van der Waals surface area contributed by atoms with Crippen LogP contribution in [0, 0.1) is 0 Å². The van der Waals surface area contributed by atoms with Gasteiger partial charge < -0.3 is 14.2 Å². The van der Waals surface area contributed by atoms with Crippen molar-refractivity contribution in [1.29, 1.82) is 0 Å². The van der Waals surface area contributed by atoms with E-state index in [2.05, 4.69) is 30.4 Å². The zero-order valence-corrected chi connectivity index (χ0v) is 26.4. The summed E-state index contributed by atoms with van der Waals surface area (Å²) in [6, 6.07) is 16.4. The van der Waals surface area contributed by atoms with E-state index in [9.17, 15) is 35.9 Å². The van der Waals surface area contributed by atoms with E-state index < -0.39 is 40.8 Å². The lowest BCUT2D eigenvalue weighted by atomic mass is 9.91. The molecule has 0 unspecified atom stereocenters. The Kier molecular flexibility index (Phi) is 10.1. The predicted octanol–water partition coefficient (Wildman–Crippen LogP) is 8.41. The largest absolute Gasteiger partial charge is 0.510 e. The Bertz CT molecular complexity index is 1720. The van der Waals surface area contributed by atoms with E-state index in [-0.39, 0.29) is 23.3 Å². The Morgan fingerprint density at radius 3 is 2.07 bits per heavy atom. The molecule has 1 heterocycles. The maximum Gasteiger partial charge on any atom is 0.510 e. The minimum Gasteiger partial charge on any atom is -0.494 e. The van der Waals surface area contributed by atoms with Gasteiger partial charge in [-0.05, 0) is 63.1 Å². The number of carbonyl (C=O) groups excluding carboxylic acids is 1. The van der Waals surface area contributed by atoms with Crippen LogP contribution in [0.5, 0.6) is 5.75 Å². The number of benzene rings is 3. The highest BCUT2D eigenvalue weighted by Gasteiger charge is 2.75. The zero-order valence-electron chi connectivity index (χ0n) is 24.8. The van der Waals surface area contributed by atoms with Crippen molar-refractivity contribution in [2.24, 2.45) is 0 Å². The molecule has 246 valence electrons. The molecule has 0 amide bonds. The molecule has 0 aliphatic heterocycles. The molecule has 4 aromatic rings. The highest BCUT2D eigenvalue weighted by molar-refractivity contribution is 9.09. The molecule has 0 atom stereocenters. The molecule has 0 aliphatic carbocycles. The molecule has 7 nitrogen and oxygen atoms in total. The van der Waals surface area contributed by atoms with Crippen LogP contribution in [0.1, 0.15) is 44.1 Å². The third-order valence-corrected chi connectivity index (χ3v) is 7.18. The SMILES string of the molecule is CC(C)(C)OC(=O)OC(c1ccc(-n2c(Cc3ccccc3)nc3ccc(OCCCBr)cc3c2=O)cc1)(C(F)(F)F)C(F)(F)F. The third-order valence-electron chi connectivity index (χ3n) is 6.62. The van der Waals surface area contributed by atoms with Crippen LogP contribution in [0.2, 0.25) is 0 Å². The molecule has 0 bridgehead atoms. The van der Waals surface area contributed by atoms with Crippen LogP contribution >= 0.6 is 15.9 Å². The summed E-state index contributed by atoms with van der Waals surface area (Å²) >= 11 is 3.31. The van der Waals surface area contributed by atoms with E-state index in [0.29, 0.717) is 41.8 Å². The van der Waals surface area contributed by atoms with Gasteiger partial charge in [0.2, 0.25) is 0 Å². The van der Waals surface area contributed by atoms with Crippen LogP contribution in [-0.2, 0) is 21.5 Å². The van der Waals surface area contributed by atoms with Gasteiger partial charge in [0.25, 0.3) is 5.56 Å². The van der Waals surface area contributed by atoms with Crippen LogP contribution in [0.3, 0.4) is 0 Å². The number of aromatic nitrogens is 2. The molecule has 0 spiro atoms. The molecular weight excluding hydrogens is 686 g/mol. The summed E-state index contributed by atoms with van der Waals surface area (Å²) < 4.78 is 102. The van der Waals surface area contributed by atoms with Crippen molar-refractivity contribution < 1.29 is 45.3 Å². The molecule has 0 aliphatic rings. The van der Waals surface area contributed by atoms with E-state index in [1.54, 1.807) is 42.5 Å². The van der Waals surface area contributed by atoms with Crippen LogP contribution in [0.15, 0.2) is 77.6 Å². The molecule has 0 saturated heterocycles. The maximum atomic E-state index is 14.3. The average Bonchev–Trinajstić information content (AvgIpc) is 2.95. The van der Waals surface area contributed by atoms with E-state index in [0.717, 1.165) is 22.3 Å². The summed E-state index contributed by atoms with van der Waals surface area (Å²) in [7, 11) is 0. The predicted molar refractivity (Wildman–Crippen MR) is 162 cm³/mol. The fourth-order valence-electron chi connectivity index (χ4n) is 4.61. The van der Waals surface area contributed by atoms with E-state index in [1.165, 1.54) is 26.8 Å². The smallest absolute Gasteiger partial charge is 0.494 e. The number of fused-ring (bicyclic) bond motifs is 1. The maximum absolute atomic E-state index is 14.3. The summed E-state index contributed by atoms with van der Waals surface area (Å²) in [5, 5.41) is 0.811. The van der Waals surface area contributed by atoms with Gasteiger partial charge in [-0.1, -0.05) is 58.4 Å². The molecule has 0 saturated carbocycles. The van der Waals surface area contributed by atoms with Gasteiger partial charge in [0.05, 0.1) is 23.2 Å². The van der Waals surface area contributed by atoms with Crippen LogP contribution in [-0.4, -0.2) is 45.6 Å². The van der Waals surface area contributed by atoms with Gasteiger partial charge in [-0.15, -0.1) is 0 Å². The Morgan fingerprint density at radius 2 is 1.50 bits per heavy atom. The third kappa shape index (κ3) is 7.48. The van der Waals surface area contributed by atoms with Crippen molar-refractivity contribution in [1.82, 2.24) is 9.55 Å². The van der Waals surface area contributed by atoms with E-state index in [4.69, 9.17) is 4.74 Å². The molecule has 46 heavy (non-hydrogen) atoms. The van der Waals surface area contributed by atoms with Gasteiger partial charge in [0, 0.05) is 17.3 Å². The first-order chi connectivity index (χ1) is 21.5. The first kappa shape index (κ1) is 34.8. The number of alkyl halides is 7. The van der Waals surface area contributed by atoms with Gasteiger partial charge in [-0.25, -0.2) is 9.78 Å². The summed E-state index contributed by atoms with van der Waals surface area (Å²) in [6.45, 7) is 4.13. The second kappa shape index (κ2) is 13.3. The average molecular weight is 715 g/mol. The van der Waals surface area contributed by atoms with Crippen LogP contribution in [0.4, 0.5) is 31.1 Å². The number of nitrogens with zero attached hydrogens (tertiary/aromatic N) is 2. The van der Waals surface area contributed by atoms with Gasteiger partial charge in [-0.2, -0.15) is 26.3 Å². The number of halogens is 7. The Hall–Kier alpha value is -4.07. The summed E-state index contributed by atoms with van der Waals surface area (Å²) in [5.74, 6) is 0.553. The molecule has 14 heteroatoms. The molecule has 1 aromatic heterocycles. The van der Waals surface area contributed by atoms with Crippen molar-refractivity contribution in [3.63, 3.8) is 0 Å². The first-order valence-electron chi connectivity index (χ1n) is 13.9. The monoisotopic (exact) mass is 714 g/mol. The Balaban J connectivity index is 1.88. The first-order valence-corrected chi connectivity index (χ1v) is 15.0. The van der Waals surface area contributed by atoms with Crippen molar-refractivity contribution in [3.8, 4) is 11.4 Å². The van der Waals surface area contributed by atoms with Crippen LogP contribution < -0.4 is 10.3 Å². The Morgan fingerprint density at radius 1 is 0.870 bits per heavy atom. The molecule has 0 radical (unpaired) electrons. The lowest BCUT2D eigenvalue weighted by Gasteiger charge is -2.37. The molecule has 4 rings (SSSR count). The summed E-state index contributed by atoms with van der Waals surface area (Å²) in [6.07, 6.45) is -13.7.